The van der Waals surface area contributed by atoms with Gasteiger partial charge in [0.2, 0.25) is 0 Å². The molecule has 1 aliphatic carbocycles. The van der Waals surface area contributed by atoms with Crippen molar-refractivity contribution in [1.29, 1.82) is 0 Å². The average Bonchev–Trinajstić information content (AvgIpc) is 3.28. The number of benzene rings is 1. The van der Waals surface area contributed by atoms with E-state index in [4.69, 9.17) is 21.4 Å². The zero-order chi connectivity index (χ0) is 18.0. The minimum atomic E-state index is -0.997. The molecule has 25 heavy (non-hydrogen) atoms. The second-order valence-corrected chi connectivity index (χ2v) is 7.46. The van der Waals surface area contributed by atoms with Gasteiger partial charge < -0.3 is 14.7 Å². The Morgan fingerprint density at radius 2 is 1.72 bits per heavy atom. The van der Waals surface area contributed by atoms with Gasteiger partial charge in [-0.15, -0.1) is 0 Å². The van der Waals surface area contributed by atoms with Gasteiger partial charge in [-0.2, -0.15) is 0 Å². The molecule has 5 nitrogen and oxygen atoms in total. The van der Waals surface area contributed by atoms with Crippen LogP contribution in [-0.2, 0) is 14.3 Å². The summed E-state index contributed by atoms with van der Waals surface area (Å²) in [6.45, 7) is 0. The summed E-state index contributed by atoms with van der Waals surface area (Å²) in [5, 5.41) is 9.75. The molecule has 6 heteroatoms. The van der Waals surface area contributed by atoms with Crippen molar-refractivity contribution in [2.45, 2.75) is 56.8 Å². The minimum absolute atomic E-state index is 0.0280. The van der Waals surface area contributed by atoms with Crippen LogP contribution < -0.4 is 0 Å². The fourth-order valence-electron chi connectivity index (χ4n) is 4.11. The van der Waals surface area contributed by atoms with E-state index in [-0.39, 0.29) is 11.9 Å². The molecule has 1 heterocycles. The summed E-state index contributed by atoms with van der Waals surface area (Å²) in [5.74, 6) is -0.717. The van der Waals surface area contributed by atoms with Crippen LogP contribution in [0.4, 0.5) is 0 Å². The van der Waals surface area contributed by atoms with Gasteiger partial charge >= 0.3 is 5.97 Å². The lowest BCUT2D eigenvalue weighted by atomic mass is 9.90. The Morgan fingerprint density at radius 3 is 2.28 bits per heavy atom. The molecule has 3 atom stereocenters. The molecule has 1 aromatic rings. The van der Waals surface area contributed by atoms with Crippen LogP contribution in [0.3, 0.4) is 0 Å². The van der Waals surface area contributed by atoms with Crippen molar-refractivity contribution in [3.05, 3.63) is 34.9 Å². The standard InChI is InChI=1S/C19H24ClNO4/c1-21(18(22)15-10-11-16(25-15)19(23)24)17(12-4-2-3-5-12)13-6-8-14(20)9-7-13/h6-9,12,15-17H,2-5,10-11H2,1H3,(H,23,24)/t15-,16+,17?/m0/s1. The Labute approximate surface area is 152 Å². The van der Waals surface area contributed by atoms with Gasteiger partial charge in [-0.1, -0.05) is 36.6 Å². The molecule has 0 aromatic heterocycles. The van der Waals surface area contributed by atoms with Gasteiger partial charge in [0.05, 0.1) is 6.04 Å². The van der Waals surface area contributed by atoms with Crippen LogP contribution in [0.15, 0.2) is 24.3 Å². The van der Waals surface area contributed by atoms with Crippen molar-refractivity contribution in [2.75, 3.05) is 7.05 Å². The predicted octanol–water partition coefficient (Wildman–Crippen LogP) is 3.66. The lowest BCUT2D eigenvalue weighted by Gasteiger charge is -2.34. The number of aliphatic carboxylic acids is 1. The second kappa shape index (κ2) is 7.75. The highest BCUT2D eigenvalue weighted by Gasteiger charge is 2.39. The number of likely N-dealkylation sites (N-methyl/N-ethyl adjacent to an activating group) is 1. The first-order chi connectivity index (χ1) is 12.0. The number of carboxylic acids is 1. The molecular weight excluding hydrogens is 342 g/mol. The molecule has 1 saturated heterocycles. The molecule has 1 saturated carbocycles. The summed E-state index contributed by atoms with van der Waals surface area (Å²) < 4.78 is 5.46. The highest BCUT2D eigenvalue weighted by atomic mass is 35.5. The van der Waals surface area contributed by atoms with Crippen molar-refractivity contribution < 1.29 is 19.4 Å². The van der Waals surface area contributed by atoms with E-state index in [1.54, 1.807) is 11.9 Å². The number of carbonyl (C=O) groups excluding carboxylic acids is 1. The van der Waals surface area contributed by atoms with Gasteiger partial charge in [0.15, 0.2) is 6.10 Å². The van der Waals surface area contributed by atoms with Crippen LogP contribution >= 0.6 is 11.6 Å². The molecule has 2 fully saturated rings. The fraction of sp³-hybridized carbons (Fsp3) is 0.579. The highest BCUT2D eigenvalue weighted by Crippen LogP contribution is 2.40. The highest BCUT2D eigenvalue weighted by molar-refractivity contribution is 6.30. The van der Waals surface area contributed by atoms with Gasteiger partial charge in [-0.05, 0) is 49.3 Å². The average molecular weight is 366 g/mol. The Balaban J connectivity index is 1.79. The number of hydrogen-bond acceptors (Lipinski definition) is 3. The Kier molecular flexibility index (Phi) is 5.64. The molecule has 1 aliphatic heterocycles. The van der Waals surface area contributed by atoms with E-state index in [0.717, 1.165) is 18.4 Å². The van der Waals surface area contributed by atoms with Crippen molar-refractivity contribution in [3.63, 3.8) is 0 Å². The minimum Gasteiger partial charge on any atom is -0.479 e. The first-order valence-corrected chi connectivity index (χ1v) is 9.25. The van der Waals surface area contributed by atoms with E-state index in [1.165, 1.54) is 12.8 Å². The SMILES string of the molecule is CN(C(=O)[C@@H]1CC[C@H](C(=O)O)O1)C(c1ccc(Cl)cc1)C1CCCC1. The van der Waals surface area contributed by atoms with Crippen LogP contribution in [0, 0.1) is 5.92 Å². The fourth-order valence-corrected chi connectivity index (χ4v) is 4.24. The topological polar surface area (TPSA) is 66.8 Å². The summed E-state index contributed by atoms with van der Waals surface area (Å²) in [6, 6.07) is 7.63. The maximum absolute atomic E-state index is 12.9. The molecule has 1 N–H and O–H groups in total. The number of amides is 1. The lowest BCUT2D eigenvalue weighted by molar-refractivity contribution is -0.155. The van der Waals surface area contributed by atoms with E-state index >= 15 is 0 Å². The second-order valence-electron chi connectivity index (χ2n) is 7.02. The van der Waals surface area contributed by atoms with Gasteiger partial charge in [0, 0.05) is 12.1 Å². The third-order valence-corrected chi connectivity index (χ3v) is 5.65. The molecule has 1 amide bonds. The monoisotopic (exact) mass is 365 g/mol. The molecule has 1 aromatic carbocycles. The first kappa shape index (κ1) is 18.2. The largest absolute Gasteiger partial charge is 0.479 e. The Bertz CT molecular complexity index is 627. The van der Waals surface area contributed by atoms with Gasteiger partial charge in [-0.3, -0.25) is 4.79 Å². The summed E-state index contributed by atoms with van der Waals surface area (Å²) >= 11 is 6.01. The number of hydrogen-bond donors (Lipinski definition) is 1. The van der Waals surface area contributed by atoms with E-state index < -0.39 is 18.2 Å². The Hall–Kier alpha value is -1.59. The van der Waals surface area contributed by atoms with Crippen LogP contribution in [0.2, 0.25) is 5.02 Å². The number of rotatable bonds is 5. The smallest absolute Gasteiger partial charge is 0.332 e. The molecule has 0 radical (unpaired) electrons. The molecular formula is C19H24ClNO4. The third kappa shape index (κ3) is 3.98. The molecule has 1 unspecified atom stereocenters. The normalized spacial score (nSPS) is 25.0. The molecule has 3 rings (SSSR count). The van der Waals surface area contributed by atoms with Gasteiger partial charge in [0.1, 0.15) is 6.10 Å². The number of carboxylic acid groups (broad SMARTS) is 1. The van der Waals surface area contributed by atoms with Crippen molar-refractivity contribution >= 4 is 23.5 Å². The molecule has 136 valence electrons. The molecule has 0 spiro atoms. The maximum atomic E-state index is 12.9. The summed E-state index contributed by atoms with van der Waals surface area (Å²) in [7, 11) is 1.80. The number of nitrogens with zero attached hydrogens (tertiary/aromatic N) is 1. The van der Waals surface area contributed by atoms with Crippen molar-refractivity contribution in [2.24, 2.45) is 5.92 Å². The van der Waals surface area contributed by atoms with E-state index in [1.807, 2.05) is 24.3 Å². The first-order valence-electron chi connectivity index (χ1n) is 8.87. The Morgan fingerprint density at radius 1 is 1.12 bits per heavy atom. The van der Waals surface area contributed by atoms with E-state index in [9.17, 15) is 9.59 Å². The summed E-state index contributed by atoms with van der Waals surface area (Å²) in [4.78, 5) is 25.8. The predicted molar refractivity (Wildman–Crippen MR) is 94.5 cm³/mol. The van der Waals surface area contributed by atoms with Crippen LogP contribution in [0.1, 0.15) is 50.1 Å². The molecule has 2 aliphatic rings. The zero-order valence-electron chi connectivity index (χ0n) is 14.4. The summed E-state index contributed by atoms with van der Waals surface area (Å²) in [5.41, 5.74) is 1.07. The van der Waals surface area contributed by atoms with Gasteiger partial charge in [-0.25, -0.2) is 4.79 Å². The van der Waals surface area contributed by atoms with Crippen molar-refractivity contribution in [3.8, 4) is 0 Å². The van der Waals surface area contributed by atoms with Crippen LogP contribution in [0.5, 0.6) is 0 Å². The zero-order valence-corrected chi connectivity index (χ0v) is 15.1. The van der Waals surface area contributed by atoms with Crippen molar-refractivity contribution in [1.82, 2.24) is 4.90 Å². The number of ether oxygens (including phenoxy) is 1. The number of halogens is 1. The molecule has 0 bridgehead atoms. The quantitative estimate of drug-likeness (QED) is 0.864. The maximum Gasteiger partial charge on any atom is 0.332 e. The van der Waals surface area contributed by atoms with E-state index in [0.29, 0.717) is 23.8 Å². The van der Waals surface area contributed by atoms with Crippen LogP contribution in [0.25, 0.3) is 0 Å². The summed E-state index contributed by atoms with van der Waals surface area (Å²) in [6.07, 6.45) is 3.84. The van der Waals surface area contributed by atoms with Gasteiger partial charge in [0.25, 0.3) is 5.91 Å². The lowest BCUT2D eigenvalue weighted by Crippen LogP contribution is -2.41. The van der Waals surface area contributed by atoms with Crippen LogP contribution in [-0.4, -0.2) is 41.1 Å². The van der Waals surface area contributed by atoms with E-state index in [2.05, 4.69) is 0 Å². The third-order valence-electron chi connectivity index (χ3n) is 5.39. The number of carbonyl (C=O) groups is 2.